The fourth-order valence-corrected chi connectivity index (χ4v) is 8.94. The standard InChI is InChI=1S/C52H34N4OS/c53-50-40(35-23-28-38(29-24-35)56-45-18-8-6-15-42(45)43-30-25-33-11-4-5-14-41(33)52(43)56)31-32-46(51(50)54-58)55(36-12-2-1-3-13-36)37-26-21-34(22-27-37)39-17-10-20-48-49(39)44-16-7-9-19-47(44)57-48/h1-32,53,58H/p+1. The summed E-state index contributed by atoms with van der Waals surface area (Å²) in [6, 6.07) is 63.7. The normalized spacial score (nSPS) is 13.9. The SMILES string of the molecule is [NH2+]=C1C(c2ccc(-n3c4ccccc4c4ccc5ccccc5c43)cc2)=CC=C(N(c2ccccc2)c2ccc(-c3cccc4oc5ccccc5c34)cc2)C1=NS. The second kappa shape index (κ2) is 13.7. The molecule has 0 spiro atoms. The second-order valence-corrected chi connectivity index (χ2v) is 14.8. The lowest BCUT2D eigenvalue weighted by Gasteiger charge is -2.29. The number of thiol groups is 1. The summed E-state index contributed by atoms with van der Waals surface area (Å²) in [5.74, 6) is 0. The van der Waals surface area contributed by atoms with Crippen LogP contribution in [-0.4, -0.2) is 16.0 Å². The van der Waals surface area contributed by atoms with Crippen molar-refractivity contribution in [3.05, 3.63) is 205 Å². The molecule has 0 fully saturated rings. The van der Waals surface area contributed by atoms with E-state index in [0.29, 0.717) is 11.4 Å². The fraction of sp³-hybridized carbons (Fsp3) is 0. The van der Waals surface area contributed by atoms with Gasteiger partial charge in [-0.2, -0.15) is 0 Å². The van der Waals surface area contributed by atoms with Crippen LogP contribution in [0.25, 0.3) is 76.9 Å². The molecule has 10 aromatic rings. The minimum atomic E-state index is 0.555. The van der Waals surface area contributed by atoms with E-state index in [2.05, 4.69) is 184 Å². The van der Waals surface area contributed by atoms with Gasteiger partial charge in [0.2, 0.25) is 5.71 Å². The van der Waals surface area contributed by atoms with Gasteiger partial charge in [-0.1, -0.05) is 127 Å². The van der Waals surface area contributed by atoms with Gasteiger partial charge in [-0.3, -0.25) is 5.41 Å². The van der Waals surface area contributed by atoms with Gasteiger partial charge in [0.05, 0.1) is 22.3 Å². The number of fused-ring (bicyclic) bond motifs is 8. The third-order valence-corrected chi connectivity index (χ3v) is 11.6. The predicted molar refractivity (Wildman–Crippen MR) is 245 cm³/mol. The molecule has 0 aliphatic heterocycles. The molecule has 2 heterocycles. The highest BCUT2D eigenvalue weighted by atomic mass is 32.1. The van der Waals surface area contributed by atoms with Gasteiger partial charge in [0, 0.05) is 44.0 Å². The number of anilines is 2. The first kappa shape index (κ1) is 33.9. The van der Waals surface area contributed by atoms with Crippen LogP contribution in [0.4, 0.5) is 11.4 Å². The highest BCUT2D eigenvalue weighted by molar-refractivity contribution is 7.79. The molecule has 58 heavy (non-hydrogen) atoms. The molecule has 1 aliphatic rings. The van der Waals surface area contributed by atoms with Crippen LogP contribution in [0.5, 0.6) is 0 Å². The van der Waals surface area contributed by atoms with E-state index in [9.17, 15) is 0 Å². The second-order valence-electron chi connectivity index (χ2n) is 14.6. The summed E-state index contributed by atoms with van der Waals surface area (Å²) in [5.41, 5.74) is 13.2. The molecule has 0 atom stereocenters. The Morgan fingerprint density at radius 2 is 1.21 bits per heavy atom. The van der Waals surface area contributed by atoms with Gasteiger partial charge in [0.25, 0.3) is 0 Å². The first-order chi connectivity index (χ1) is 28.7. The minimum Gasteiger partial charge on any atom is -0.456 e. The summed E-state index contributed by atoms with van der Waals surface area (Å²) in [5, 5.41) is 14.2. The minimum absolute atomic E-state index is 0.555. The van der Waals surface area contributed by atoms with Crippen molar-refractivity contribution in [1.29, 1.82) is 0 Å². The summed E-state index contributed by atoms with van der Waals surface area (Å²) >= 11 is 4.51. The van der Waals surface area contributed by atoms with E-state index in [0.717, 1.165) is 67.0 Å². The Morgan fingerprint density at radius 1 is 0.534 bits per heavy atom. The van der Waals surface area contributed by atoms with E-state index >= 15 is 0 Å². The smallest absolute Gasteiger partial charge is 0.233 e. The third-order valence-electron chi connectivity index (χ3n) is 11.4. The van der Waals surface area contributed by atoms with Gasteiger partial charge in [0.15, 0.2) is 5.71 Å². The summed E-state index contributed by atoms with van der Waals surface area (Å²) in [6.45, 7) is 0. The first-order valence-corrected chi connectivity index (χ1v) is 19.7. The van der Waals surface area contributed by atoms with Gasteiger partial charge >= 0.3 is 0 Å². The Bertz CT molecular complexity index is 3350. The number of rotatable bonds is 6. The number of nitrogens with two attached hydrogens (primary N) is 1. The topological polar surface area (TPSA) is 59.3 Å². The molecule has 11 rings (SSSR count). The zero-order valence-corrected chi connectivity index (χ0v) is 32.1. The van der Waals surface area contributed by atoms with Crippen molar-refractivity contribution < 1.29 is 9.83 Å². The van der Waals surface area contributed by atoms with Crippen molar-refractivity contribution >= 4 is 95.7 Å². The van der Waals surface area contributed by atoms with Gasteiger partial charge < -0.3 is 13.9 Å². The van der Waals surface area contributed by atoms with E-state index in [1.54, 1.807) is 0 Å². The third kappa shape index (κ3) is 5.34. The molecule has 274 valence electrons. The maximum absolute atomic E-state index is 7.07. The van der Waals surface area contributed by atoms with Crippen molar-refractivity contribution in [2.45, 2.75) is 0 Å². The average Bonchev–Trinajstić information content (AvgIpc) is 3.84. The van der Waals surface area contributed by atoms with Crippen LogP contribution in [0.2, 0.25) is 0 Å². The molecule has 8 aromatic carbocycles. The molecular formula is C52H35N4OS+. The number of furan rings is 1. The number of hydrogen-bond donors (Lipinski definition) is 2. The Hall–Kier alpha value is -7.41. The van der Waals surface area contributed by atoms with Crippen LogP contribution in [0, 0.1) is 0 Å². The van der Waals surface area contributed by atoms with Gasteiger partial charge in [-0.25, -0.2) is 4.40 Å². The van der Waals surface area contributed by atoms with Gasteiger partial charge in [-0.15, -0.1) is 0 Å². The lowest BCUT2D eigenvalue weighted by Crippen LogP contribution is -2.48. The number of hydrogen-bond acceptors (Lipinski definition) is 4. The van der Waals surface area contributed by atoms with Crippen molar-refractivity contribution in [2.75, 3.05) is 4.90 Å². The van der Waals surface area contributed by atoms with Crippen molar-refractivity contribution in [3.63, 3.8) is 0 Å². The molecule has 0 saturated carbocycles. The fourth-order valence-electron chi connectivity index (χ4n) is 8.73. The molecule has 0 saturated heterocycles. The highest BCUT2D eigenvalue weighted by Gasteiger charge is 2.31. The summed E-state index contributed by atoms with van der Waals surface area (Å²) in [4.78, 5) is 2.18. The molecular weight excluding hydrogens is 729 g/mol. The van der Waals surface area contributed by atoms with Crippen LogP contribution in [-0.2, 0) is 0 Å². The molecule has 2 aromatic heterocycles. The van der Waals surface area contributed by atoms with E-state index in [1.807, 2.05) is 36.4 Å². The molecule has 0 unspecified atom stereocenters. The van der Waals surface area contributed by atoms with E-state index in [1.165, 1.54) is 32.6 Å². The molecule has 5 nitrogen and oxygen atoms in total. The monoisotopic (exact) mass is 763 g/mol. The van der Waals surface area contributed by atoms with Crippen molar-refractivity contribution in [1.82, 2.24) is 4.57 Å². The summed E-state index contributed by atoms with van der Waals surface area (Å²) in [7, 11) is 0. The highest BCUT2D eigenvalue weighted by Crippen LogP contribution is 2.40. The molecule has 6 heteroatoms. The van der Waals surface area contributed by atoms with Crippen LogP contribution < -0.4 is 10.3 Å². The van der Waals surface area contributed by atoms with E-state index in [-0.39, 0.29) is 0 Å². The zero-order chi connectivity index (χ0) is 38.7. The number of benzene rings is 8. The number of nitrogens with zero attached hydrogens (tertiary/aromatic N) is 3. The summed E-state index contributed by atoms with van der Waals surface area (Å²) < 4.78 is 13.1. The Balaban J connectivity index is 0.985. The van der Waals surface area contributed by atoms with Crippen LogP contribution in [0.15, 0.2) is 209 Å². The number of allylic oxidation sites excluding steroid dienone is 4. The lowest BCUT2D eigenvalue weighted by atomic mass is 9.91. The first-order valence-electron chi connectivity index (χ1n) is 19.3. The van der Waals surface area contributed by atoms with Gasteiger partial charge in [-0.05, 0) is 102 Å². The van der Waals surface area contributed by atoms with Crippen molar-refractivity contribution in [3.8, 4) is 16.8 Å². The molecule has 0 amide bonds. The van der Waals surface area contributed by atoms with Crippen LogP contribution in [0.3, 0.4) is 0 Å². The predicted octanol–water partition coefficient (Wildman–Crippen LogP) is 12.1. The Labute approximate surface area is 340 Å². The average molecular weight is 764 g/mol. The van der Waals surface area contributed by atoms with Crippen molar-refractivity contribution in [2.24, 2.45) is 4.40 Å². The largest absolute Gasteiger partial charge is 0.456 e. The van der Waals surface area contributed by atoms with Gasteiger partial charge in [0.1, 0.15) is 11.2 Å². The molecule has 0 bridgehead atoms. The maximum atomic E-state index is 7.07. The van der Waals surface area contributed by atoms with E-state index in [4.69, 9.17) is 9.83 Å². The summed E-state index contributed by atoms with van der Waals surface area (Å²) in [6.07, 6.45) is 4.18. The van der Waals surface area contributed by atoms with Crippen LogP contribution in [0.1, 0.15) is 5.56 Å². The lowest BCUT2D eigenvalue weighted by molar-refractivity contribution is -0.108. The Morgan fingerprint density at radius 3 is 2.02 bits per heavy atom. The quantitative estimate of drug-likeness (QED) is 0.131. The maximum Gasteiger partial charge on any atom is 0.233 e. The number of para-hydroxylation sites is 3. The number of aromatic nitrogens is 1. The molecule has 1 aliphatic carbocycles. The molecule has 0 radical (unpaired) electrons. The molecule has 2 N–H and O–H groups in total. The van der Waals surface area contributed by atoms with E-state index < -0.39 is 0 Å². The van der Waals surface area contributed by atoms with Crippen LogP contribution >= 0.6 is 12.8 Å². The zero-order valence-electron chi connectivity index (χ0n) is 31.2. The Kier molecular flexibility index (Phi) is 7.98.